The lowest BCUT2D eigenvalue weighted by atomic mass is 9.98. The summed E-state index contributed by atoms with van der Waals surface area (Å²) in [4.78, 5) is 5.64. The zero-order chi connectivity index (χ0) is 19.6. The van der Waals surface area contributed by atoms with E-state index in [1.54, 1.807) is 19.9 Å². The molecule has 2 aliphatic rings. The molecule has 1 aromatic carbocycles. The van der Waals surface area contributed by atoms with Crippen LogP contribution in [0.2, 0.25) is 0 Å². The van der Waals surface area contributed by atoms with Crippen LogP contribution in [-0.2, 0) is 10.2 Å². The third-order valence-electron chi connectivity index (χ3n) is 5.57. The lowest BCUT2D eigenvalue weighted by Crippen LogP contribution is -2.46. The van der Waals surface area contributed by atoms with E-state index in [1.807, 2.05) is 19.2 Å². The van der Waals surface area contributed by atoms with Gasteiger partial charge >= 0.3 is 0 Å². The third kappa shape index (κ3) is 4.40. The summed E-state index contributed by atoms with van der Waals surface area (Å²) < 4.78 is 28.6. The van der Waals surface area contributed by atoms with E-state index in [0.29, 0.717) is 32.1 Å². The van der Waals surface area contributed by atoms with Crippen molar-refractivity contribution in [2.24, 2.45) is 5.92 Å². The number of rotatable bonds is 6. The molecular formula is C20H27N4O2S2. The van der Waals surface area contributed by atoms with Gasteiger partial charge in [-0.3, -0.25) is 0 Å². The van der Waals surface area contributed by atoms with Gasteiger partial charge in [0.1, 0.15) is 0 Å². The Morgan fingerprint density at radius 3 is 2.64 bits per heavy atom. The molecule has 2 saturated heterocycles. The largest absolute Gasteiger partial charge is 0.361 e. The second-order valence-corrected chi connectivity index (χ2v) is 10.6. The SMILES string of the molecule is Cc1[c]ccc(-c2cnc(NCC3CCN(S(=O)(=O)N4CCCC4)CC3)s2)c1. The van der Waals surface area contributed by atoms with Crippen molar-refractivity contribution in [2.45, 2.75) is 32.6 Å². The molecule has 1 radical (unpaired) electrons. The number of piperidine rings is 1. The summed E-state index contributed by atoms with van der Waals surface area (Å²) >= 11 is 1.66. The number of hydrogen-bond donors (Lipinski definition) is 1. The van der Waals surface area contributed by atoms with Gasteiger partial charge in [-0.15, -0.1) is 0 Å². The van der Waals surface area contributed by atoms with Crippen LogP contribution in [0.15, 0.2) is 24.4 Å². The Balaban J connectivity index is 1.28. The van der Waals surface area contributed by atoms with Crippen LogP contribution in [0, 0.1) is 18.9 Å². The molecule has 2 aliphatic heterocycles. The Hall–Kier alpha value is -1.48. The number of benzene rings is 1. The fourth-order valence-electron chi connectivity index (χ4n) is 3.89. The molecule has 28 heavy (non-hydrogen) atoms. The summed E-state index contributed by atoms with van der Waals surface area (Å²) in [5, 5.41) is 4.37. The third-order valence-corrected chi connectivity index (χ3v) is 8.61. The standard InChI is InChI=1S/C20H27N4O2S2/c1-16-5-4-6-18(13-16)19-15-22-20(27-19)21-14-17-7-11-24(12-8-17)28(25,26)23-9-2-3-10-23/h4,6,13,15,17H,2-3,7-12,14H2,1H3,(H,21,22). The van der Waals surface area contributed by atoms with E-state index >= 15 is 0 Å². The van der Waals surface area contributed by atoms with Gasteiger partial charge in [0.15, 0.2) is 5.13 Å². The van der Waals surface area contributed by atoms with Gasteiger partial charge < -0.3 is 5.32 Å². The highest BCUT2D eigenvalue weighted by atomic mass is 32.2. The Bertz CT molecular complexity index is 898. The summed E-state index contributed by atoms with van der Waals surface area (Å²) in [5.41, 5.74) is 2.29. The summed E-state index contributed by atoms with van der Waals surface area (Å²) in [6.45, 7) is 5.47. The first-order valence-electron chi connectivity index (χ1n) is 9.96. The van der Waals surface area contributed by atoms with Crippen LogP contribution in [0.1, 0.15) is 31.2 Å². The van der Waals surface area contributed by atoms with Crippen molar-refractivity contribution in [3.8, 4) is 10.4 Å². The highest BCUT2D eigenvalue weighted by Crippen LogP contribution is 2.30. The van der Waals surface area contributed by atoms with Crippen molar-refractivity contribution in [3.05, 3.63) is 36.0 Å². The maximum Gasteiger partial charge on any atom is 0.281 e. The molecule has 1 aromatic heterocycles. The molecule has 3 heterocycles. The number of nitrogens with one attached hydrogen (secondary N) is 1. The van der Waals surface area contributed by atoms with Crippen LogP contribution in [0.5, 0.6) is 0 Å². The van der Waals surface area contributed by atoms with Crippen LogP contribution in [0.25, 0.3) is 10.4 Å². The highest BCUT2D eigenvalue weighted by molar-refractivity contribution is 7.86. The predicted molar refractivity (Wildman–Crippen MR) is 114 cm³/mol. The van der Waals surface area contributed by atoms with E-state index < -0.39 is 10.2 Å². The van der Waals surface area contributed by atoms with Crippen LogP contribution in [-0.4, -0.2) is 54.7 Å². The Kier molecular flexibility index (Phi) is 6.01. The number of hydrogen-bond acceptors (Lipinski definition) is 5. The molecule has 0 unspecified atom stereocenters. The van der Waals surface area contributed by atoms with Gasteiger partial charge in [-0.25, -0.2) is 4.98 Å². The molecule has 2 fully saturated rings. The van der Waals surface area contributed by atoms with Gasteiger partial charge in [0, 0.05) is 38.9 Å². The number of anilines is 1. The Labute approximate surface area is 171 Å². The van der Waals surface area contributed by atoms with Crippen molar-refractivity contribution in [1.29, 1.82) is 0 Å². The molecule has 6 nitrogen and oxygen atoms in total. The van der Waals surface area contributed by atoms with Gasteiger partial charge in [0.2, 0.25) is 0 Å². The zero-order valence-electron chi connectivity index (χ0n) is 16.2. The van der Waals surface area contributed by atoms with Crippen molar-refractivity contribution < 1.29 is 8.42 Å². The van der Waals surface area contributed by atoms with Crippen molar-refractivity contribution >= 4 is 26.7 Å². The van der Waals surface area contributed by atoms with Gasteiger partial charge in [0.25, 0.3) is 10.2 Å². The lowest BCUT2D eigenvalue weighted by molar-refractivity contribution is 0.266. The quantitative estimate of drug-likeness (QED) is 0.780. The average Bonchev–Trinajstić information content (AvgIpc) is 3.39. The van der Waals surface area contributed by atoms with E-state index in [1.165, 1.54) is 5.56 Å². The van der Waals surface area contributed by atoms with Gasteiger partial charge in [0.05, 0.1) is 4.88 Å². The topological polar surface area (TPSA) is 65.5 Å². The highest BCUT2D eigenvalue weighted by Gasteiger charge is 2.34. The van der Waals surface area contributed by atoms with Crippen LogP contribution < -0.4 is 5.32 Å². The first-order chi connectivity index (χ1) is 13.5. The minimum atomic E-state index is -3.25. The molecule has 8 heteroatoms. The molecule has 151 valence electrons. The molecule has 0 atom stereocenters. The second-order valence-electron chi connectivity index (χ2n) is 7.63. The Morgan fingerprint density at radius 2 is 1.93 bits per heavy atom. The van der Waals surface area contributed by atoms with Crippen LogP contribution in [0.3, 0.4) is 0 Å². The second kappa shape index (κ2) is 8.49. The van der Waals surface area contributed by atoms with Gasteiger partial charge in [-0.05, 0) is 61.8 Å². The minimum absolute atomic E-state index is 0.478. The molecule has 4 rings (SSSR count). The maximum absolute atomic E-state index is 12.7. The molecule has 1 N–H and O–H groups in total. The molecule has 0 spiro atoms. The first-order valence-corrected chi connectivity index (χ1v) is 12.2. The predicted octanol–water partition coefficient (Wildman–Crippen LogP) is 3.38. The lowest BCUT2D eigenvalue weighted by Gasteiger charge is -2.33. The summed E-state index contributed by atoms with van der Waals surface area (Å²) in [6.07, 6.45) is 5.66. The fourth-order valence-corrected chi connectivity index (χ4v) is 6.42. The molecule has 0 aliphatic carbocycles. The number of thiazole rings is 1. The van der Waals surface area contributed by atoms with E-state index in [9.17, 15) is 8.42 Å². The zero-order valence-corrected chi connectivity index (χ0v) is 17.9. The fraction of sp³-hybridized carbons (Fsp3) is 0.550. The summed E-state index contributed by atoms with van der Waals surface area (Å²) in [6, 6.07) is 9.29. The van der Waals surface area contributed by atoms with Crippen LogP contribution in [0.4, 0.5) is 5.13 Å². The van der Waals surface area contributed by atoms with E-state index in [2.05, 4.69) is 28.5 Å². The van der Waals surface area contributed by atoms with E-state index in [0.717, 1.165) is 47.8 Å². The molecule has 0 amide bonds. The number of aryl methyl sites for hydroxylation is 1. The first kappa shape index (κ1) is 19.8. The molecule has 0 bridgehead atoms. The van der Waals surface area contributed by atoms with E-state index in [4.69, 9.17) is 0 Å². The van der Waals surface area contributed by atoms with Crippen molar-refractivity contribution in [2.75, 3.05) is 38.0 Å². The summed E-state index contributed by atoms with van der Waals surface area (Å²) in [7, 11) is -3.25. The van der Waals surface area contributed by atoms with Gasteiger partial charge in [-0.2, -0.15) is 17.0 Å². The summed E-state index contributed by atoms with van der Waals surface area (Å²) in [5.74, 6) is 0.478. The molecular weight excluding hydrogens is 392 g/mol. The maximum atomic E-state index is 12.7. The van der Waals surface area contributed by atoms with E-state index in [-0.39, 0.29) is 0 Å². The molecule has 0 saturated carbocycles. The average molecular weight is 420 g/mol. The smallest absolute Gasteiger partial charge is 0.281 e. The van der Waals surface area contributed by atoms with Crippen molar-refractivity contribution in [3.63, 3.8) is 0 Å². The van der Waals surface area contributed by atoms with Gasteiger partial charge in [-0.1, -0.05) is 23.5 Å². The van der Waals surface area contributed by atoms with Crippen molar-refractivity contribution in [1.82, 2.24) is 13.6 Å². The Morgan fingerprint density at radius 1 is 1.21 bits per heavy atom. The molecule has 2 aromatic rings. The number of nitrogens with zero attached hydrogens (tertiary/aromatic N) is 3. The minimum Gasteiger partial charge on any atom is -0.361 e. The van der Waals surface area contributed by atoms with Crippen LogP contribution >= 0.6 is 11.3 Å². The monoisotopic (exact) mass is 419 g/mol. The number of aromatic nitrogens is 1. The normalized spacial score (nSPS) is 19.9.